The quantitative estimate of drug-likeness (QED) is 0.269. The minimum absolute atomic E-state index is 0.0803. The molecule has 0 N–H and O–H groups in total. The molecule has 27 heavy (non-hydrogen) atoms. The fourth-order valence-electron chi connectivity index (χ4n) is 2.87. The van der Waals surface area contributed by atoms with E-state index in [1.807, 2.05) is 48.5 Å². The van der Waals surface area contributed by atoms with Crippen LogP contribution in [0.1, 0.15) is 16.1 Å². The van der Waals surface area contributed by atoms with Gasteiger partial charge in [-0.25, -0.2) is 0 Å². The highest BCUT2D eigenvalue weighted by molar-refractivity contribution is 6.36. The molecule has 0 amide bonds. The predicted octanol–water partition coefficient (Wildman–Crippen LogP) is 7.30. The van der Waals surface area contributed by atoms with Crippen LogP contribution in [-0.4, -0.2) is 5.78 Å². The number of fused-ring (bicyclic) bond motifs is 1. The Morgan fingerprint density at radius 1 is 0.852 bits per heavy atom. The Balaban J connectivity index is 1.55. The minimum atomic E-state index is -0.0803. The van der Waals surface area contributed by atoms with Crippen molar-refractivity contribution in [2.75, 3.05) is 0 Å². The molecule has 3 aromatic carbocycles. The van der Waals surface area contributed by atoms with Gasteiger partial charge in [0.2, 0.25) is 0 Å². The van der Waals surface area contributed by atoms with E-state index in [1.165, 1.54) is 6.08 Å². The molecule has 0 atom stereocenters. The number of benzene rings is 3. The van der Waals surface area contributed by atoms with Crippen molar-refractivity contribution in [3.63, 3.8) is 0 Å². The molecule has 4 aromatic rings. The van der Waals surface area contributed by atoms with Crippen molar-refractivity contribution in [2.24, 2.45) is 0 Å². The highest BCUT2D eigenvalue weighted by atomic mass is 35.5. The van der Waals surface area contributed by atoms with Crippen molar-refractivity contribution in [3.8, 4) is 11.3 Å². The van der Waals surface area contributed by atoms with Gasteiger partial charge in [-0.05, 0) is 59.3 Å². The zero-order chi connectivity index (χ0) is 18.8. The van der Waals surface area contributed by atoms with E-state index in [-0.39, 0.29) is 5.78 Å². The molecular weight excluding hydrogens is 379 g/mol. The molecule has 0 bridgehead atoms. The lowest BCUT2D eigenvalue weighted by Gasteiger charge is -2.01. The summed E-state index contributed by atoms with van der Waals surface area (Å²) in [5.74, 6) is 1.11. The van der Waals surface area contributed by atoms with Crippen LogP contribution in [0.25, 0.3) is 28.2 Å². The van der Waals surface area contributed by atoms with Gasteiger partial charge in [-0.2, -0.15) is 0 Å². The maximum atomic E-state index is 12.5. The molecule has 0 aliphatic heterocycles. The van der Waals surface area contributed by atoms with E-state index in [2.05, 4.69) is 0 Å². The molecule has 0 fully saturated rings. The Morgan fingerprint density at radius 3 is 2.48 bits per heavy atom. The molecule has 0 saturated carbocycles. The summed E-state index contributed by atoms with van der Waals surface area (Å²) in [4.78, 5) is 12.5. The number of allylic oxidation sites excluding steroid dienone is 1. The third-order valence-electron chi connectivity index (χ3n) is 4.26. The Labute approximate surface area is 166 Å². The first kappa shape index (κ1) is 17.6. The first-order valence-electron chi connectivity index (χ1n) is 8.37. The van der Waals surface area contributed by atoms with E-state index >= 15 is 0 Å². The zero-order valence-corrected chi connectivity index (χ0v) is 15.7. The summed E-state index contributed by atoms with van der Waals surface area (Å²) in [7, 11) is 0. The van der Waals surface area contributed by atoms with Crippen LogP contribution < -0.4 is 0 Å². The number of halogens is 2. The summed E-state index contributed by atoms with van der Waals surface area (Å²) in [6.07, 6.45) is 3.17. The molecule has 132 valence electrons. The van der Waals surface area contributed by atoms with Gasteiger partial charge in [-0.3, -0.25) is 4.79 Å². The Kier molecular flexibility index (Phi) is 4.85. The molecular formula is C23H14Cl2O2. The summed E-state index contributed by atoms with van der Waals surface area (Å²) >= 11 is 12.1. The van der Waals surface area contributed by atoms with Gasteiger partial charge in [-0.15, -0.1) is 0 Å². The number of hydrogen-bond acceptors (Lipinski definition) is 2. The molecule has 0 radical (unpaired) electrons. The molecule has 4 rings (SSSR count). The summed E-state index contributed by atoms with van der Waals surface area (Å²) < 4.78 is 5.78. The summed E-state index contributed by atoms with van der Waals surface area (Å²) in [6, 6.07) is 22.4. The molecule has 4 heteroatoms. The van der Waals surface area contributed by atoms with Gasteiger partial charge >= 0.3 is 0 Å². The third-order valence-corrected chi connectivity index (χ3v) is 4.80. The van der Waals surface area contributed by atoms with Crippen molar-refractivity contribution in [3.05, 3.63) is 100 Å². The standard InChI is InChI=1S/C23H14Cl2O2/c24-18-7-10-20(21(25)14-18)23-12-9-19(27-23)8-11-22(26)17-6-5-15-3-1-2-4-16(15)13-17/h1-14H/b11-8+. The SMILES string of the molecule is O=C(/C=C/c1ccc(-c2ccc(Cl)cc2Cl)o1)c1ccc2ccccc2c1. The van der Waals surface area contributed by atoms with Crippen LogP contribution in [-0.2, 0) is 0 Å². The van der Waals surface area contributed by atoms with Gasteiger partial charge in [-0.1, -0.05) is 59.6 Å². The minimum Gasteiger partial charge on any atom is -0.457 e. The van der Waals surface area contributed by atoms with Crippen LogP contribution in [0.3, 0.4) is 0 Å². The number of furan rings is 1. The third kappa shape index (κ3) is 3.82. The molecule has 1 aromatic heterocycles. The monoisotopic (exact) mass is 392 g/mol. The zero-order valence-electron chi connectivity index (χ0n) is 14.2. The van der Waals surface area contributed by atoms with Crippen LogP contribution in [0.15, 0.2) is 83.3 Å². The van der Waals surface area contributed by atoms with Crippen LogP contribution in [0.5, 0.6) is 0 Å². The lowest BCUT2D eigenvalue weighted by molar-refractivity contribution is 0.104. The first-order valence-corrected chi connectivity index (χ1v) is 9.12. The predicted molar refractivity (Wildman–Crippen MR) is 111 cm³/mol. The number of hydrogen-bond donors (Lipinski definition) is 0. The number of carbonyl (C=O) groups is 1. The summed E-state index contributed by atoms with van der Waals surface area (Å²) in [5, 5.41) is 3.22. The topological polar surface area (TPSA) is 30.2 Å². The maximum Gasteiger partial charge on any atom is 0.185 e. The number of ketones is 1. The second kappa shape index (κ2) is 7.43. The van der Waals surface area contributed by atoms with Crippen LogP contribution in [0, 0.1) is 0 Å². The first-order chi connectivity index (χ1) is 13.1. The van der Waals surface area contributed by atoms with Crippen molar-refractivity contribution >= 4 is 45.8 Å². The van der Waals surface area contributed by atoms with Crippen molar-refractivity contribution in [2.45, 2.75) is 0 Å². The van der Waals surface area contributed by atoms with E-state index in [0.717, 1.165) is 16.3 Å². The van der Waals surface area contributed by atoms with Gasteiger partial charge in [0.15, 0.2) is 5.78 Å². The van der Waals surface area contributed by atoms with E-state index in [4.69, 9.17) is 27.6 Å². The van der Waals surface area contributed by atoms with Crippen molar-refractivity contribution < 1.29 is 9.21 Å². The Bertz CT molecular complexity index is 1170. The number of carbonyl (C=O) groups excluding carboxylic acids is 1. The lowest BCUT2D eigenvalue weighted by Crippen LogP contribution is -1.93. The summed E-state index contributed by atoms with van der Waals surface area (Å²) in [5.41, 5.74) is 1.39. The smallest absolute Gasteiger partial charge is 0.185 e. The molecule has 0 aliphatic carbocycles. The highest BCUT2D eigenvalue weighted by Gasteiger charge is 2.09. The highest BCUT2D eigenvalue weighted by Crippen LogP contribution is 2.31. The fraction of sp³-hybridized carbons (Fsp3) is 0. The van der Waals surface area contributed by atoms with E-state index in [0.29, 0.717) is 27.1 Å². The second-order valence-corrected chi connectivity index (χ2v) is 6.93. The van der Waals surface area contributed by atoms with Crippen LogP contribution in [0.4, 0.5) is 0 Å². The Hall–Kier alpha value is -2.81. The Morgan fingerprint density at radius 2 is 1.67 bits per heavy atom. The van der Waals surface area contributed by atoms with Gasteiger partial charge < -0.3 is 4.42 Å². The molecule has 0 spiro atoms. The molecule has 0 saturated heterocycles. The lowest BCUT2D eigenvalue weighted by atomic mass is 10.0. The average molecular weight is 393 g/mol. The average Bonchev–Trinajstić information content (AvgIpc) is 3.14. The van der Waals surface area contributed by atoms with Crippen LogP contribution in [0.2, 0.25) is 10.0 Å². The van der Waals surface area contributed by atoms with E-state index in [1.54, 1.807) is 30.3 Å². The molecule has 0 aliphatic rings. The summed E-state index contributed by atoms with van der Waals surface area (Å²) in [6.45, 7) is 0. The van der Waals surface area contributed by atoms with Gasteiger partial charge in [0.05, 0.1) is 5.02 Å². The molecule has 0 unspecified atom stereocenters. The van der Waals surface area contributed by atoms with Crippen molar-refractivity contribution in [1.29, 1.82) is 0 Å². The van der Waals surface area contributed by atoms with Gasteiger partial charge in [0, 0.05) is 16.1 Å². The molecule has 2 nitrogen and oxygen atoms in total. The fourth-order valence-corrected chi connectivity index (χ4v) is 3.37. The van der Waals surface area contributed by atoms with E-state index in [9.17, 15) is 4.79 Å². The largest absolute Gasteiger partial charge is 0.457 e. The van der Waals surface area contributed by atoms with E-state index < -0.39 is 0 Å². The van der Waals surface area contributed by atoms with Gasteiger partial charge in [0.25, 0.3) is 0 Å². The van der Waals surface area contributed by atoms with Crippen molar-refractivity contribution in [1.82, 2.24) is 0 Å². The maximum absolute atomic E-state index is 12.5. The number of rotatable bonds is 4. The van der Waals surface area contributed by atoms with Crippen LogP contribution >= 0.6 is 23.2 Å². The second-order valence-electron chi connectivity index (χ2n) is 6.09. The van der Waals surface area contributed by atoms with Gasteiger partial charge in [0.1, 0.15) is 11.5 Å². The molecule has 1 heterocycles. The normalized spacial score (nSPS) is 11.3.